The number of carbonyl (C=O) groups excluding carboxylic acids is 1. The van der Waals surface area contributed by atoms with Crippen LogP contribution in [-0.2, 0) is 11.2 Å². The van der Waals surface area contributed by atoms with Crippen LogP contribution in [0.1, 0.15) is 16.0 Å². The number of hydrogen-bond acceptors (Lipinski definition) is 8. The summed E-state index contributed by atoms with van der Waals surface area (Å²) < 4.78 is 7.81. The van der Waals surface area contributed by atoms with Crippen LogP contribution in [0.15, 0.2) is 90.6 Å². The lowest BCUT2D eigenvalue weighted by Crippen LogP contribution is -2.19. The summed E-state index contributed by atoms with van der Waals surface area (Å²) in [4.78, 5) is 25.4. The molecule has 0 saturated carbocycles. The standard InChI is InChI=1S/C35H35N7O2S/c1-23-10-12-25(20-29(23)37-32(43)22-27-8-7-19-45-27)34-33(31-9-5-6-16-42(31)40-34)28-14-15-36-35(38-28)39-30-21-26(13-11-24(30)2)44-18-17-41(3)4/h5-16,19-21H,17-18,22H2,1-4H3,(H,37,43)(H,36,38,39). The lowest BCUT2D eigenvalue weighted by molar-refractivity contribution is -0.115. The van der Waals surface area contributed by atoms with Gasteiger partial charge in [0.1, 0.15) is 18.1 Å². The number of ether oxygens (including phenoxy) is 1. The smallest absolute Gasteiger partial charge is 0.229 e. The summed E-state index contributed by atoms with van der Waals surface area (Å²) in [5.41, 5.74) is 7.79. The van der Waals surface area contributed by atoms with Gasteiger partial charge in [0, 0.05) is 46.8 Å². The van der Waals surface area contributed by atoms with E-state index in [2.05, 4.69) is 20.5 Å². The number of amides is 1. The first kappa shape index (κ1) is 30.0. The van der Waals surface area contributed by atoms with Crippen molar-refractivity contribution in [2.24, 2.45) is 0 Å². The topological polar surface area (TPSA) is 96.7 Å². The summed E-state index contributed by atoms with van der Waals surface area (Å²) >= 11 is 1.58. The maximum Gasteiger partial charge on any atom is 0.229 e. The van der Waals surface area contributed by atoms with E-state index in [-0.39, 0.29) is 5.91 Å². The Morgan fingerprint density at radius 1 is 0.978 bits per heavy atom. The first-order chi connectivity index (χ1) is 21.8. The second kappa shape index (κ2) is 13.3. The minimum atomic E-state index is -0.0538. The monoisotopic (exact) mass is 617 g/mol. The van der Waals surface area contributed by atoms with Crippen LogP contribution in [-0.4, -0.2) is 57.6 Å². The van der Waals surface area contributed by atoms with Crippen molar-refractivity contribution >= 4 is 40.1 Å². The van der Waals surface area contributed by atoms with Gasteiger partial charge in [-0.15, -0.1) is 11.3 Å². The molecule has 0 aliphatic rings. The summed E-state index contributed by atoms with van der Waals surface area (Å²) in [6.45, 7) is 5.45. The molecule has 0 spiro atoms. The maximum atomic E-state index is 12.9. The fourth-order valence-corrected chi connectivity index (χ4v) is 5.68. The van der Waals surface area contributed by atoms with Gasteiger partial charge in [0.25, 0.3) is 0 Å². The molecule has 6 rings (SSSR count). The van der Waals surface area contributed by atoms with Crippen LogP contribution >= 0.6 is 11.3 Å². The van der Waals surface area contributed by atoms with Crippen molar-refractivity contribution < 1.29 is 9.53 Å². The van der Waals surface area contributed by atoms with Crippen molar-refractivity contribution in [3.63, 3.8) is 0 Å². The normalized spacial score (nSPS) is 11.2. The molecule has 2 N–H and O–H groups in total. The number of fused-ring (bicyclic) bond motifs is 1. The number of benzene rings is 2. The molecule has 6 aromatic rings. The number of pyridine rings is 1. The first-order valence-corrected chi connectivity index (χ1v) is 15.6. The minimum absolute atomic E-state index is 0.0538. The summed E-state index contributed by atoms with van der Waals surface area (Å²) in [5, 5.41) is 13.4. The lowest BCUT2D eigenvalue weighted by Gasteiger charge is -2.14. The Bertz CT molecular complexity index is 1950. The van der Waals surface area contributed by atoms with Crippen molar-refractivity contribution in [3.05, 3.63) is 107 Å². The Hall–Kier alpha value is -5.06. The zero-order valence-electron chi connectivity index (χ0n) is 25.7. The molecule has 0 atom stereocenters. The Balaban J connectivity index is 1.32. The average Bonchev–Trinajstić information content (AvgIpc) is 3.68. The van der Waals surface area contributed by atoms with Crippen LogP contribution in [0, 0.1) is 13.8 Å². The minimum Gasteiger partial charge on any atom is -0.492 e. The van der Waals surface area contributed by atoms with E-state index in [9.17, 15) is 4.79 Å². The van der Waals surface area contributed by atoms with E-state index < -0.39 is 0 Å². The van der Waals surface area contributed by atoms with E-state index in [0.717, 1.165) is 67.7 Å². The predicted octanol–water partition coefficient (Wildman–Crippen LogP) is 7.00. The molecule has 4 aromatic heterocycles. The van der Waals surface area contributed by atoms with Gasteiger partial charge < -0.3 is 20.3 Å². The van der Waals surface area contributed by atoms with Crippen molar-refractivity contribution in [2.75, 3.05) is 37.9 Å². The molecule has 9 nitrogen and oxygen atoms in total. The lowest BCUT2D eigenvalue weighted by atomic mass is 10.0. The molecule has 10 heteroatoms. The molecule has 0 unspecified atom stereocenters. The SMILES string of the molecule is Cc1ccc(-c2nn3ccccc3c2-c2ccnc(Nc3cc(OCCN(C)C)ccc3C)n2)cc1NC(=O)Cc1cccs1. The number of nitrogens with zero attached hydrogens (tertiary/aromatic N) is 5. The van der Waals surface area contributed by atoms with Crippen molar-refractivity contribution in [1.29, 1.82) is 0 Å². The zero-order chi connectivity index (χ0) is 31.3. The Labute approximate surface area is 266 Å². The highest BCUT2D eigenvalue weighted by atomic mass is 32.1. The molecule has 1 amide bonds. The van der Waals surface area contributed by atoms with E-state index >= 15 is 0 Å². The van der Waals surface area contributed by atoms with E-state index in [1.165, 1.54) is 0 Å². The quantitative estimate of drug-likeness (QED) is 0.162. The Kier molecular flexibility index (Phi) is 8.86. The molecular weight excluding hydrogens is 582 g/mol. The predicted molar refractivity (Wildman–Crippen MR) is 182 cm³/mol. The summed E-state index contributed by atoms with van der Waals surface area (Å²) in [6.07, 6.45) is 4.01. The summed E-state index contributed by atoms with van der Waals surface area (Å²) in [5.74, 6) is 1.19. The zero-order valence-corrected chi connectivity index (χ0v) is 26.6. The molecule has 4 heterocycles. The highest BCUT2D eigenvalue weighted by Crippen LogP contribution is 2.36. The largest absolute Gasteiger partial charge is 0.492 e. The molecule has 0 radical (unpaired) electrons. The van der Waals surface area contributed by atoms with Gasteiger partial charge in [-0.05, 0) is 80.8 Å². The number of aryl methyl sites for hydroxylation is 2. The molecule has 0 fully saturated rings. The highest BCUT2D eigenvalue weighted by molar-refractivity contribution is 7.10. The van der Waals surface area contributed by atoms with Crippen molar-refractivity contribution in [1.82, 2.24) is 24.5 Å². The number of nitrogens with one attached hydrogen (secondary N) is 2. The number of aromatic nitrogens is 4. The average molecular weight is 618 g/mol. The molecule has 0 aliphatic heterocycles. The van der Waals surface area contributed by atoms with Gasteiger partial charge in [0.05, 0.1) is 23.2 Å². The van der Waals surface area contributed by atoms with Gasteiger partial charge >= 0.3 is 0 Å². The van der Waals surface area contributed by atoms with Crippen LogP contribution in [0.2, 0.25) is 0 Å². The molecule has 45 heavy (non-hydrogen) atoms. The third-order valence-electron chi connectivity index (χ3n) is 7.41. The third kappa shape index (κ3) is 7.03. The van der Waals surface area contributed by atoms with Gasteiger partial charge in [0.2, 0.25) is 11.9 Å². The molecule has 0 saturated heterocycles. The van der Waals surface area contributed by atoms with Crippen LogP contribution in [0.3, 0.4) is 0 Å². The Morgan fingerprint density at radius 3 is 2.64 bits per heavy atom. The van der Waals surface area contributed by atoms with E-state index in [4.69, 9.17) is 14.8 Å². The van der Waals surface area contributed by atoms with Crippen molar-refractivity contribution in [2.45, 2.75) is 20.3 Å². The second-order valence-electron chi connectivity index (χ2n) is 11.1. The second-order valence-corrected chi connectivity index (χ2v) is 12.1. The summed E-state index contributed by atoms with van der Waals surface area (Å²) in [7, 11) is 4.04. The van der Waals surface area contributed by atoms with Crippen LogP contribution < -0.4 is 15.4 Å². The molecule has 0 aliphatic carbocycles. The van der Waals surface area contributed by atoms with E-state index in [1.54, 1.807) is 17.5 Å². The molecule has 228 valence electrons. The fraction of sp³-hybridized carbons (Fsp3) is 0.200. The Morgan fingerprint density at radius 2 is 1.82 bits per heavy atom. The first-order valence-electron chi connectivity index (χ1n) is 14.7. The molecule has 2 aromatic carbocycles. The maximum absolute atomic E-state index is 12.9. The van der Waals surface area contributed by atoms with Crippen LogP contribution in [0.5, 0.6) is 5.75 Å². The van der Waals surface area contributed by atoms with Crippen LogP contribution in [0.25, 0.3) is 28.0 Å². The van der Waals surface area contributed by atoms with Gasteiger partial charge in [-0.2, -0.15) is 5.10 Å². The number of carbonyl (C=O) groups is 1. The number of thiophene rings is 1. The van der Waals surface area contributed by atoms with Gasteiger partial charge in [-0.3, -0.25) is 4.79 Å². The third-order valence-corrected chi connectivity index (χ3v) is 8.29. The number of rotatable bonds is 11. The van der Waals surface area contributed by atoms with Gasteiger partial charge in [-0.25, -0.2) is 14.5 Å². The number of hydrogen-bond donors (Lipinski definition) is 2. The number of likely N-dealkylation sites (N-methyl/N-ethyl adjacent to an activating group) is 1. The van der Waals surface area contributed by atoms with Crippen molar-refractivity contribution in [3.8, 4) is 28.3 Å². The van der Waals surface area contributed by atoms with E-state index in [1.807, 2.05) is 117 Å². The van der Waals surface area contributed by atoms with Crippen LogP contribution in [0.4, 0.5) is 17.3 Å². The molecule has 0 bridgehead atoms. The summed E-state index contributed by atoms with van der Waals surface area (Å²) in [6, 6.07) is 23.8. The van der Waals surface area contributed by atoms with Gasteiger partial charge in [-0.1, -0.05) is 30.3 Å². The fourth-order valence-electron chi connectivity index (χ4n) is 4.97. The molecular formula is C35H35N7O2S. The highest BCUT2D eigenvalue weighted by Gasteiger charge is 2.19. The van der Waals surface area contributed by atoms with Gasteiger partial charge in [0.15, 0.2) is 0 Å². The number of anilines is 3. The van der Waals surface area contributed by atoms with E-state index in [0.29, 0.717) is 19.0 Å².